The molecule has 3 aliphatic rings. The fourth-order valence-corrected chi connectivity index (χ4v) is 3.39. The van der Waals surface area contributed by atoms with Crippen LogP contribution in [0.15, 0.2) is 12.2 Å². The lowest BCUT2D eigenvalue weighted by Crippen LogP contribution is -2.38. The minimum absolute atomic E-state index is 0.205. The van der Waals surface area contributed by atoms with Crippen molar-refractivity contribution >= 4 is 11.9 Å². The summed E-state index contributed by atoms with van der Waals surface area (Å²) in [5, 5.41) is 0. The van der Waals surface area contributed by atoms with Crippen LogP contribution in [-0.2, 0) is 38.0 Å². The Morgan fingerprint density at radius 3 is 2.36 bits per heavy atom. The summed E-state index contributed by atoms with van der Waals surface area (Å²) >= 11 is 0. The molecule has 3 rings (SSSR count). The van der Waals surface area contributed by atoms with E-state index in [2.05, 4.69) is 6.58 Å². The van der Waals surface area contributed by atoms with Gasteiger partial charge >= 0.3 is 11.9 Å². The van der Waals surface area contributed by atoms with Gasteiger partial charge < -0.3 is 28.4 Å². The van der Waals surface area contributed by atoms with E-state index in [0.717, 1.165) is 32.1 Å². The Hall–Kier alpha value is -1.48. The molecule has 0 aromatic carbocycles. The van der Waals surface area contributed by atoms with Crippen molar-refractivity contribution in [3.05, 3.63) is 12.2 Å². The van der Waals surface area contributed by atoms with Gasteiger partial charge in [-0.25, -0.2) is 9.59 Å². The molecule has 1 saturated carbocycles. The van der Waals surface area contributed by atoms with Gasteiger partial charge in [-0.3, -0.25) is 0 Å². The van der Waals surface area contributed by atoms with Crippen LogP contribution in [0.1, 0.15) is 39.0 Å². The van der Waals surface area contributed by atoms with Crippen molar-refractivity contribution in [2.75, 3.05) is 13.7 Å². The summed E-state index contributed by atoms with van der Waals surface area (Å²) in [6.07, 6.45) is 2.14. The van der Waals surface area contributed by atoms with Crippen molar-refractivity contribution in [1.82, 2.24) is 0 Å². The van der Waals surface area contributed by atoms with Crippen LogP contribution in [-0.4, -0.2) is 56.2 Å². The first-order valence-corrected chi connectivity index (χ1v) is 8.50. The van der Waals surface area contributed by atoms with Gasteiger partial charge in [-0.1, -0.05) is 13.0 Å². The van der Waals surface area contributed by atoms with Crippen LogP contribution in [0.2, 0.25) is 0 Å². The van der Waals surface area contributed by atoms with E-state index in [9.17, 15) is 9.59 Å². The SMILES string of the molecule is C=C(C)C(=O)OCC(=O)OC1OC(OC)C2OC3(CCCCC3)OC12. The average molecular weight is 356 g/mol. The number of methoxy groups -OCH3 is 1. The number of hydrogen-bond acceptors (Lipinski definition) is 8. The molecule has 4 unspecified atom stereocenters. The number of esters is 2. The lowest BCUT2D eigenvalue weighted by molar-refractivity contribution is -0.281. The summed E-state index contributed by atoms with van der Waals surface area (Å²) < 4.78 is 33.1. The molecule has 2 saturated heterocycles. The highest BCUT2D eigenvalue weighted by atomic mass is 16.8. The normalized spacial score (nSPS) is 33.0. The Labute approximate surface area is 146 Å². The smallest absolute Gasteiger partial charge is 0.346 e. The molecule has 1 spiro atoms. The maximum atomic E-state index is 11.9. The van der Waals surface area contributed by atoms with Gasteiger partial charge in [-0.05, 0) is 19.8 Å². The molecule has 4 atom stereocenters. The minimum Gasteiger partial charge on any atom is -0.450 e. The van der Waals surface area contributed by atoms with Crippen molar-refractivity contribution in [2.45, 2.75) is 69.6 Å². The molecule has 2 aliphatic heterocycles. The molecular weight excluding hydrogens is 332 g/mol. The lowest BCUT2D eigenvalue weighted by atomic mass is 9.94. The Bertz CT molecular complexity index is 539. The van der Waals surface area contributed by atoms with Gasteiger partial charge in [0.05, 0.1) is 0 Å². The number of rotatable bonds is 5. The minimum atomic E-state index is -0.965. The van der Waals surface area contributed by atoms with Gasteiger partial charge in [0.25, 0.3) is 0 Å². The van der Waals surface area contributed by atoms with E-state index < -0.39 is 49.1 Å². The molecule has 1 aliphatic carbocycles. The highest BCUT2D eigenvalue weighted by Crippen LogP contribution is 2.46. The average Bonchev–Trinajstić information content (AvgIpc) is 3.09. The molecule has 0 aromatic rings. The monoisotopic (exact) mass is 356 g/mol. The van der Waals surface area contributed by atoms with Gasteiger partial charge in [0, 0.05) is 25.5 Å². The quantitative estimate of drug-likeness (QED) is 0.540. The van der Waals surface area contributed by atoms with E-state index in [1.807, 2.05) is 0 Å². The van der Waals surface area contributed by atoms with Crippen LogP contribution < -0.4 is 0 Å². The van der Waals surface area contributed by atoms with Crippen molar-refractivity contribution in [3.63, 3.8) is 0 Å². The van der Waals surface area contributed by atoms with Gasteiger partial charge in [-0.15, -0.1) is 0 Å². The van der Waals surface area contributed by atoms with Crippen LogP contribution in [0.25, 0.3) is 0 Å². The van der Waals surface area contributed by atoms with Crippen LogP contribution >= 0.6 is 0 Å². The third-order valence-corrected chi connectivity index (χ3v) is 4.60. The molecule has 0 bridgehead atoms. The second-order valence-corrected chi connectivity index (χ2v) is 6.59. The number of ether oxygens (including phenoxy) is 6. The van der Waals surface area contributed by atoms with E-state index in [-0.39, 0.29) is 5.57 Å². The number of fused-ring (bicyclic) bond motifs is 1. The maximum absolute atomic E-state index is 11.9. The molecular formula is C17H24O8. The predicted octanol–water partition coefficient (Wildman–Crippen LogP) is 1.42. The summed E-state index contributed by atoms with van der Waals surface area (Å²) in [6, 6.07) is 0. The topological polar surface area (TPSA) is 89.5 Å². The molecule has 2 heterocycles. The first-order chi connectivity index (χ1) is 11.9. The number of carbonyl (C=O) groups excluding carboxylic acids is 2. The highest BCUT2D eigenvalue weighted by Gasteiger charge is 2.60. The first-order valence-electron chi connectivity index (χ1n) is 8.50. The maximum Gasteiger partial charge on any atom is 0.346 e. The molecule has 8 heteroatoms. The Morgan fingerprint density at radius 2 is 1.76 bits per heavy atom. The van der Waals surface area contributed by atoms with E-state index in [4.69, 9.17) is 28.4 Å². The molecule has 0 amide bonds. The molecule has 140 valence electrons. The summed E-state index contributed by atoms with van der Waals surface area (Å²) in [6.45, 7) is 4.42. The van der Waals surface area contributed by atoms with Gasteiger partial charge in [-0.2, -0.15) is 0 Å². The Kier molecular flexibility index (Phi) is 5.43. The van der Waals surface area contributed by atoms with E-state index in [1.54, 1.807) is 0 Å². The standard InChI is InChI=1S/C17H24O8/c1-10(2)14(19)21-9-11(18)22-16-13-12(15(20-3)23-16)24-17(25-13)7-5-4-6-8-17/h12-13,15-16H,1,4-9H2,2-3H3. The Balaban J connectivity index is 1.59. The fraction of sp³-hybridized carbons (Fsp3) is 0.765. The largest absolute Gasteiger partial charge is 0.450 e. The molecule has 3 fully saturated rings. The molecule has 8 nitrogen and oxygen atoms in total. The van der Waals surface area contributed by atoms with Crippen LogP contribution in [0.5, 0.6) is 0 Å². The molecule has 0 radical (unpaired) electrons. The van der Waals surface area contributed by atoms with Crippen LogP contribution in [0.3, 0.4) is 0 Å². The third-order valence-electron chi connectivity index (χ3n) is 4.60. The summed E-state index contributed by atoms with van der Waals surface area (Å²) in [4.78, 5) is 23.3. The Morgan fingerprint density at radius 1 is 1.12 bits per heavy atom. The van der Waals surface area contributed by atoms with Crippen LogP contribution in [0.4, 0.5) is 0 Å². The van der Waals surface area contributed by atoms with E-state index in [0.29, 0.717) is 0 Å². The van der Waals surface area contributed by atoms with Crippen molar-refractivity contribution in [2.24, 2.45) is 0 Å². The fourth-order valence-electron chi connectivity index (χ4n) is 3.39. The molecule has 0 N–H and O–H groups in total. The van der Waals surface area contributed by atoms with E-state index in [1.165, 1.54) is 14.0 Å². The predicted molar refractivity (Wildman–Crippen MR) is 83.1 cm³/mol. The molecule has 25 heavy (non-hydrogen) atoms. The van der Waals surface area contributed by atoms with Crippen molar-refractivity contribution in [1.29, 1.82) is 0 Å². The first kappa shape index (κ1) is 18.3. The second-order valence-electron chi connectivity index (χ2n) is 6.59. The summed E-state index contributed by atoms with van der Waals surface area (Å²) in [7, 11) is 1.50. The van der Waals surface area contributed by atoms with Crippen molar-refractivity contribution < 1.29 is 38.0 Å². The highest BCUT2D eigenvalue weighted by molar-refractivity contribution is 5.88. The molecule has 0 aromatic heterocycles. The van der Waals surface area contributed by atoms with Crippen LogP contribution in [0, 0.1) is 0 Å². The van der Waals surface area contributed by atoms with Crippen molar-refractivity contribution in [3.8, 4) is 0 Å². The van der Waals surface area contributed by atoms with Gasteiger partial charge in [0.1, 0.15) is 6.10 Å². The third kappa shape index (κ3) is 3.87. The van der Waals surface area contributed by atoms with Gasteiger partial charge in [0.2, 0.25) is 6.29 Å². The lowest BCUT2D eigenvalue weighted by Gasteiger charge is -2.33. The van der Waals surface area contributed by atoms with Gasteiger partial charge in [0.15, 0.2) is 24.8 Å². The zero-order valence-corrected chi connectivity index (χ0v) is 14.5. The number of carbonyl (C=O) groups is 2. The summed E-state index contributed by atoms with van der Waals surface area (Å²) in [5.41, 5.74) is 0.205. The van der Waals surface area contributed by atoms with E-state index >= 15 is 0 Å². The summed E-state index contributed by atoms with van der Waals surface area (Å²) in [5.74, 6) is -2.03. The second kappa shape index (κ2) is 7.41. The zero-order chi connectivity index (χ0) is 18.0. The number of hydrogen-bond donors (Lipinski definition) is 0. The zero-order valence-electron chi connectivity index (χ0n) is 14.5.